The number of hydrogen-bond donors (Lipinski definition) is 1. The molecule has 1 unspecified atom stereocenters. The summed E-state index contributed by atoms with van der Waals surface area (Å²) in [5.74, 6) is 0. The molecular weight excluding hydrogens is 221 g/mol. The molecule has 1 fully saturated rings. The van der Waals surface area contributed by atoms with Crippen molar-refractivity contribution < 1.29 is 0 Å². The normalized spacial score (nSPS) is 24.2. The summed E-state index contributed by atoms with van der Waals surface area (Å²) in [5.41, 5.74) is 0. The van der Waals surface area contributed by atoms with Gasteiger partial charge in [-0.25, -0.2) is 0 Å². The molecule has 1 N–H and O–H groups in total. The third kappa shape index (κ3) is 1.67. The van der Waals surface area contributed by atoms with Crippen LogP contribution >= 0.6 is 11.3 Å². The SMILES string of the molecule is [Se]c1ccc(C2CCCN2)s1. The van der Waals surface area contributed by atoms with Crippen molar-refractivity contribution >= 4 is 31.1 Å². The molecule has 1 aliphatic heterocycles. The Labute approximate surface area is 79.0 Å². The molecule has 1 saturated heterocycles. The summed E-state index contributed by atoms with van der Waals surface area (Å²) in [4.78, 5) is 1.48. The summed E-state index contributed by atoms with van der Waals surface area (Å²) < 4.78 is 1.30. The first kappa shape index (κ1) is 7.81. The van der Waals surface area contributed by atoms with E-state index < -0.39 is 0 Å². The van der Waals surface area contributed by atoms with Crippen LogP contribution in [0.2, 0.25) is 0 Å². The molecule has 1 atom stereocenters. The topological polar surface area (TPSA) is 12.0 Å². The van der Waals surface area contributed by atoms with Crippen molar-refractivity contribution in [2.45, 2.75) is 18.9 Å². The summed E-state index contributed by atoms with van der Waals surface area (Å²) in [6.07, 6.45) is 2.63. The molecule has 11 heavy (non-hydrogen) atoms. The van der Waals surface area contributed by atoms with E-state index >= 15 is 0 Å². The Hall–Kier alpha value is 0.179. The molecule has 0 saturated carbocycles. The van der Waals surface area contributed by atoms with Crippen LogP contribution in [0.25, 0.3) is 0 Å². The van der Waals surface area contributed by atoms with E-state index in [9.17, 15) is 0 Å². The van der Waals surface area contributed by atoms with E-state index in [0.717, 1.165) is 0 Å². The Morgan fingerprint density at radius 3 is 3.00 bits per heavy atom. The van der Waals surface area contributed by atoms with Crippen LogP contribution in [0.5, 0.6) is 0 Å². The van der Waals surface area contributed by atoms with Crippen molar-refractivity contribution in [3.63, 3.8) is 0 Å². The molecule has 2 rings (SSSR count). The van der Waals surface area contributed by atoms with Gasteiger partial charge in [0.25, 0.3) is 0 Å². The van der Waals surface area contributed by atoms with Crippen molar-refractivity contribution in [3.8, 4) is 0 Å². The van der Waals surface area contributed by atoms with Crippen LogP contribution in [0.15, 0.2) is 12.1 Å². The van der Waals surface area contributed by atoms with Crippen molar-refractivity contribution in [1.82, 2.24) is 5.32 Å². The van der Waals surface area contributed by atoms with Crippen molar-refractivity contribution in [3.05, 3.63) is 17.0 Å². The minimum atomic E-state index is 0.641. The zero-order valence-electron chi connectivity index (χ0n) is 6.17. The Kier molecular flexibility index (Phi) is 2.33. The van der Waals surface area contributed by atoms with E-state index in [4.69, 9.17) is 0 Å². The summed E-state index contributed by atoms with van der Waals surface area (Å²) in [5, 5.41) is 3.48. The van der Waals surface area contributed by atoms with Gasteiger partial charge in [0.05, 0.1) is 0 Å². The quantitative estimate of drug-likeness (QED) is 0.710. The van der Waals surface area contributed by atoms with Gasteiger partial charge in [0.15, 0.2) is 0 Å². The van der Waals surface area contributed by atoms with E-state index in [2.05, 4.69) is 33.5 Å². The molecule has 0 aliphatic carbocycles. The molecule has 1 aromatic rings. The number of nitrogens with one attached hydrogen (secondary N) is 1. The molecule has 1 aliphatic rings. The number of thiophene rings is 1. The fourth-order valence-corrected chi connectivity index (χ4v) is 3.05. The van der Waals surface area contributed by atoms with Gasteiger partial charge in [-0.1, -0.05) is 0 Å². The molecule has 1 nitrogen and oxygen atoms in total. The standard InChI is InChI=1S/C8H10NSSe/c11-8-4-3-7(10-8)6-2-1-5-9-6/h3-4,6,9H,1-2,5H2. The Morgan fingerprint density at radius 2 is 2.45 bits per heavy atom. The first-order valence-corrected chi connectivity index (χ1v) is 5.54. The summed E-state index contributed by atoms with van der Waals surface area (Å²) in [7, 11) is 0. The maximum atomic E-state index is 3.48. The fourth-order valence-electron chi connectivity index (χ4n) is 1.45. The predicted octanol–water partition coefficient (Wildman–Crippen LogP) is 0.966. The second kappa shape index (κ2) is 3.28. The van der Waals surface area contributed by atoms with Gasteiger partial charge in [-0.3, -0.25) is 0 Å². The van der Waals surface area contributed by atoms with Crippen LogP contribution in [0, 0.1) is 0 Å². The Balaban J connectivity index is 2.15. The molecule has 1 radical (unpaired) electrons. The molecule has 0 bridgehead atoms. The van der Waals surface area contributed by atoms with Gasteiger partial charge in [0.2, 0.25) is 0 Å². The molecule has 1 aromatic heterocycles. The first-order chi connectivity index (χ1) is 5.36. The monoisotopic (exact) mass is 232 g/mol. The van der Waals surface area contributed by atoms with Crippen LogP contribution in [0.1, 0.15) is 23.8 Å². The van der Waals surface area contributed by atoms with Crippen molar-refractivity contribution in [1.29, 1.82) is 0 Å². The average Bonchev–Trinajstić information content (AvgIpc) is 2.55. The molecule has 0 spiro atoms. The van der Waals surface area contributed by atoms with E-state index in [1.54, 1.807) is 0 Å². The summed E-state index contributed by atoms with van der Waals surface area (Å²) >= 11 is 4.90. The average molecular weight is 231 g/mol. The maximum absolute atomic E-state index is 3.48. The second-order valence-electron chi connectivity index (χ2n) is 2.81. The van der Waals surface area contributed by atoms with Crippen LogP contribution in [0.3, 0.4) is 0 Å². The van der Waals surface area contributed by atoms with Gasteiger partial charge in [0, 0.05) is 0 Å². The van der Waals surface area contributed by atoms with Crippen LogP contribution in [-0.4, -0.2) is 22.6 Å². The van der Waals surface area contributed by atoms with Gasteiger partial charge >= 0.3 is 78.9 Å². The fraction of sp³-hybridized carbons (Fsp3) is 0.500. The zero-order valence-corrected chi connectivity index (χ0v) is 8.70. The molecule has 3 heteroatoms. The van der Waals surface area contributed by atoms with Gasteiger partial charge < -0.3 is 0 Å². The first-order valence-electron chi connectivity index (χ1n) is 3.86. The van der Waals surface area contributed by atoms with E-state index in [-0.39, 0.29) is 0 Å². The zero-order chi connectivity index (χ0) is 7.68. The molecule has 59 valence electrons. The van der Waals surface area contributed by atoms with Crippen LogP contribution < -0.4 is 9.09 Å². The van der Waals surface area contributed by atoms with Gasteiger partial charge in [0.1, 0.15) is 0 Å². The van der Waals surface area contributed by atoms with Crippen molar-refractivity contribution in [2.24, 2.45) is 0 Å². The third-order valence-corrected chi connectivity index (χ3v) is 3.81. The third-order valence-electron chi connectivity index (χ3n) is 2.01. The van der Waals surface area contributed by atoms with Crippen LogP contribution in [-0.2, 0) is 0 Å². The van der Waals surface area contributed by atoms with Gasteiger partial charge in [-0.15, -0.1) is 0 Å². The summed E-state index contributed by atoms with van der Waals surface area (Å²) in [6, 6.07) is 5.02. The second-order valence-corrected chi connectivity index (χ2v) is 5.43. The van der Waals surface area contributed by atoms with Crippen molar-refractivity contribution in [2.75, 3.05) is 6.54 Å². The van der Waals surface area contributed by atoms with E-state index in [0.29, 0.717) is 6.04 Å². The van der Waals surface area contributed by atoms with E-state index in [1.807, 2.05) is 11.3 Å². The summed E-state index contributed by atoms with van der Waals surface area (Å²) in [6.45, 7) is 1.19. The Bertz CT molecular complexity index is 240. The molecular formula is C8H10NSSe. The number of rotatable bonds is 1. The number of hydrogen-bond acceptors (Lipinski definition) is 2. The molecule has 2 heterocycles. The van der Waals surface area contributed by atoms with Gasteiger partial charge in [-0.05, 0) is 0 Å². The predicted molar refractivity (Wildman–Crippen MR) is 49.7 cm³/mol. The Morgan fingerprint density at radius 1 is 1.55 bits per heavy atom. The minimum absolute atomic E-state index is 0.641. The van der Waals surface area contributed by atoms with Gasteiger partial charge in [-0.2, -0.15) is 0 Å². The van der Waals surface area contributed by atoms with E-state index in [1.165, 1.54) is 28.0 Å². The molecule has 0 aromatic carbocycles. The van der Waals surface area contributed by atoms with Crippen LogP contribution in [0.4, 0.5) is 0 Å². The molecule has 0 amide bonds.